The van der Waals surface area contributed by atoms with Crippen molar-refractivity contribution in [2.24, 2.45) is 5.41 Å². The van der Waals surface area contributed by atoms with E-state index in [2.05, 4.69) is 10.3 Å². The van der Waals surface area contributed by atoms with Gasteiger partial charge in [0.05, 0.1) is 6.61 Å². The molecule has 0 unspecified atom stereocenters. The topological polar surface area (TPSA) is 62.2 Å². The van der Waals surface area contributed by atoms with Gasteiger partial charge < -0.3 is 10.4 Å². The van der Waals surface area contributed by atoms with E-state index in [1.807, 2.05) is 30.5 Å². The Hall–Kier alpha value is -1.72. The van der Waals surface area contributed by atoms with Crippen LogP contribution in [0.15, 0.2) is 29.6 Å². The van der Waals surface area contributed by atoms with E-state index in [0.29, 0.717) is 12.1 Å². The summed E-state index contributed by atoms with van der Waals surface area (Å²) in [6.45, 7) is 2.65. The highest BCUT2D eigenvalue weighted by molar-refractivity contribution is 7.13. The number of rotatable bonds is 5. The number of hydrogen-bond donors (Lipinski definition) is 2. The first-order chi connectivity index (χ1) is 10.1. The van der Waals surface area contributed by atoms with Gasteiger partial charge in [-0.2, -0.15) is 0 Å². The minimum absolute atomic E-state index is 0.0698. The lowest BCUT2D eigenvalue weighted by Crippen LogP contribution is -2.31. The Morgan fingerprint density at radius 2 is 2.29 bits per heavy atom. The van der Waals surface area contributed by atoms with Crippen LogP contribution in [0.3, 0.4) is 0 Å². The maximum atomic E-state index is 12.2. The first-order valence-electron chi connectivity index (χ1n) is 7.04. The number of amides is 1. The smallest absolute Gasteiger partial charge is 0.251 e. The van der Waals surface area contributed by atoms with Crippen molar-refractivity contribution in [2.45, 2.75) is 19.8 Å². The lowest BCUT2D eigenvalue weighted by atomic mass is 10.1. The van der Waals surface area contributed by atoms with Crippen LogP contribution in [-0.2, 0) is 0 Å². The second-order valence-corrected chi connectivity index (χ2v) is 6.57. The van der Waals surface area contributed by atoms with Gasteiger partial charge in [0.25, 0.3) is 5.91 Å². The zero-order valence-corrected chi connectivity index (χ0v) is 12.7. The number of aliphatic hydroxyl groups is 1. The van der Waals surface area contributed by atoms with Gasteiger partial charge in [0.2, 0.25) is 0 Å². The molecule has 1 saturated carbocycles. The van der Waals surface area contributed by atoms with Crippen LogP contribution < -0.4 is 5.32 Å². The van der Waals surface area contributed by atoms with Gasteiger partial charge in [-0.05, 0) is 31.9 Å². The van der Waals surface area contributed by atoms with Crippen molar-refractivity contribution in [1.82, 2.24) is 10.3 Å². The summed E-state index contributed by atoms with van der Waals surface area (Å²) < 4.78 is 0. The molecule has 1 aromatic heterocycles. The van der Waals surface area contributed by atoms with E-state index < -0.39 is 0 Å². The van der Waals surface area contributed by atoms with Crippen molar-refractivity contribution in [3.63, 3.8) is 0 Å². The monoisotopic (exact) mass is 302 g/mol. The van der Waals surface area contributed by atoms with E-state index in [1.54, 1.807) is 17.4 Å². The molecule has 5 heteroatoms. The molecule has 0 atom stereocenters. The molecular formula is C16H18N2O2S. The van der Waals surface area contributed by atoms with E-state index >= 15 is 0 Å². The molecule has 2 N–H and O–H groups in total. The van der Waals surface area contributed by atoms with Crippen LogP contribution in [0.5, 0.6) is 0 Å². The van der Waals surface area contributed by atoms with Gasteiger partial charge in [0.15, 0.2) is 0 Å². The fourth-order valence-corrected chi connectivity index (χ4v) is 3.01. The maximum absolute atomic E-state index is 12.2. The number of aliphatic hydroxyl groups excluding tert-OH is 1. The molecule has 1 fully saturated rings. The summed E-state index contributed by atoms with van der Waals surface area (Å²) in [5.41, 5.74) is 2.52. The molecule has 1 aliphatic rings. The van der Waals surface area contributed by atoms with Crippen molar-refractivity contribution in [3.05, 3.63) is 40.9 Å². The Labute approximate surface area is 127 Å². The lowest BCUT2D eigenvalue weighted by Gasteiger charge is -2.12. The Morgan fingerprint density at radius 1 is 1.48 bits per heavy atom. The summed E-state index contributed by atoms with van der Waals surface area (Å²) in [6, 6.07) is 7.51. The van der Waals surface area contributed by atoms with Gasteiger partial charge in [-0.15, -0.1) is 11.3 Å². The number of hydrogen-bond acceptors (Lipinski definition) is 4. The lowest BCUT2D eigenvalue weighted by molar-refractivity contribution is 0.0935. The summed E-state index contributed by atoms with van der Waals surface area (Å²) in [7, 11) is 0. The second kappa shape index (κ2) is 5.58. The Morgan fingerprint density at radius 3 is 2.90 bits per heavy atom. The number of aryl methyl sites for hydroxylation is 1. The number of nitrogens with one attached hydrogen (secondary N) is 1. The first-order valence-corrected chi connectivity index (χ1v) is 7.91. The van der Waals surface area contributed by atoms with Gasteiger partial charge in [-0.1, -0.05) is 12.1 Å². The highest BCUT2D eigenvalue weighted by Gasteiger charge is 2.42. The molecule has 4 nitrogen and oxygen atoms in total. The van der Waals surface area contributed by atoms with Crippen molar-refractivity contribution in [1.29, 1.82) is 0 Å². The molecule has 2 aromatic rings. The molecule has 1 heterocycles. The highest BCUT2D eigenvalue weighted by Crippen LogP contribution is 2.44. The van der Waals surface area contributed by atoms with Gasteiger partial charge in [0, 0.05) is 34.2 Å². The standard InChI is InChI=1S/C16H18N2O2S/c1-11-8-21-15(18-11)13-4-2-3-12(7-13)14(20)17-9-16(10-19)5-6-16/h2-4,7-8,19H,5-6,9-10H2,1H3,(H,17,20). The minimum atomic E-state index is -0.0927. The van der Waals surface area contributed by atoms with Crippen LogP contribution in [0.4, 0.5) is 0 Å². The molecule has 0 spiro atoms. The molecule has 0 bridgehead atoms. The predicted molar refractivity (Wildman–Crippen MR) is 83.4 cm³/mol. The number of benzene rings is 1. The third kappa shape index (κ3) is 3.14. The molecule has 21 heavy (non-hydrogen) atoms. The van der Waals surface area contributed by atoms with Crippen LogP contribution >= 0.6 is 11.3 Å². The van der Waals surface area contributed by atoms with E-state index in [1.165, 1.54) is 0 Å². The average Bonchev–Trinajstić information content (AvgIpc) is 3.18. The molecule has 110 valence electrons. The van der Waals surface area contributed by atoms with Crippen LogP contribution in [-0.4, -0.2) is 29.1 Å². The van der Waals surface area contributed by atoms with Gasteiger partial charge >= 0.3 is 0 Å². The fourth-order valence-electron chi connectivity index (χ4n) is 2.22. The largest absolute Gasteiger partial charge is 0.396 e. The molecule has 1 aromatic carbocycles. The predicted octanol–water partition coefficient (Wildman–Crippen LogP) is 2.62. The fraction of sp³-hybridized carbons (Fsp3) is 0.375. The third-order valence-electron chi connectivity index (χ3n) is 3.91. The van der Waals surface area contributed by atoms with E-state index in [4.69, 9.17) is 0 Å². The molecule has 3 rings (SSSR count). The van der Waals surface area contributed by atoms with Crippen LogP contribution in [0.1, 0.15) is 28.9 Å². The van der Waals surface area contributed by atoms with Gasteiger partial charge in [-0.3, -0.25) is 4.79 Å². The number of thiazole rings is 1. The Kier molecular flexibility index (Phi) is 3.78. The van der Waals surface area contributed by atoms with Crippen molar-refractivity contribution in [2.75, 3.05) is 13.2 Å². The summed E-state index contributed by atoms with van der Waals surface area (Å²) in [5, 5.41) is 15.1. The van der Waals surface area contributed by atoms with Crippen LogP contribution in [0.2, 0.25) is 0 Å². The van der Waals surface area contributed by atoms with Crippen molar-refractivity contribution >= 4 is 17.2 Å². The van der Waals surface area contributed by atoms with Crippen molar-refractivity contribution in [3.8, 4) is 10.6 Å². The molecule has 0 radical (unpaired) electrons. The maximum Gasteiger partial charge on any atom is 0.251 e. The highest BCUT2D eigenvalue weighted by atomic mass is 32.1. The third-order valence-corrected chi connectivity index (χ3v) is 4.92. The molecular weight excluding hydrogens is 284 g/mol. The zero-order valence-electron chi connectivity index (χ0n) is 11.9. The quantitative estimate of drug-likeness (QED) is 0.892. The van der Waals surface area contributed by atoms with E-state index in [9.17, 15) is 9.90 Å². The number of nitrogens with zero attached hydrogens (tertiary/aromatic N) is 1. The van der Waals surface area contributed by atoms with E-state index in [-0.39, 0.29) is 17.9 Å². The molecule has 1 aliphatic carbocycles. The summed E-state index contributed by atoms with van der Waals surface area (Å²) in [6.07, 6.45) is 1.98. The molecule has 0 aliphatic heterocycles. The SMILES string of the molecule is Cc1csc(-c2cccc(C(=O)NCC3(CO)CC3)c2)n1. The molecule has 0 saturated heterocycles. The summed E-state index contributed by atoms with van der Waals surface area (Å²) in [5.74, 6) is -0.0927. The first kappa shape index (κ1) is 14.2. The Bertz CT molecular complexity index is 662. The normalized spacial score (nSPS) is 15.7. The number of carbonyl (C=O) groups excluding carboxylic acids is 1. The summed E-state index contributed by atoms with van der Waals surface area (Å²) >= 11 is 1.58. The minimum Gasteiger partial charge on any atom is -0.396 e. The van der Waals surface area contributed by atoms with Gasteiger partial charge in [0.1, 0.15) is 5.01 Å². The Balaban J connectivity index is 1.72. The van der Waals surface area contributed by atoms with Gasteiger partial charge in [-0.25, -0.2) is 4.98 Å². The number of carbonyl (C=O) groups is 1. The number of aromatic nitrogens is 1. The second-order valence-electron chi connectivity index (χ2n) is 5.72. The molecule has 1 amide bonds. The van der Waals surface area contributed by atoms with Crippen LogP contribution in [0, 0.1) is 12.3 Å². The van der Waals surface area contributed by atoms with Crippen molar-refractivity contribution < 1.29 is 9.90 Å². The summed E-state index contributed by atoms with van der Waals surface area (Å²) in [4.78, 5) is 16.7. The van der Waals surface area contributed by atoms with E-state index in [0.717, 1.165) is 29.1 Å². The average molecular weight is 302 g/mol. The zero-order chi connectivity index (χ0) is 14.9. The van der Waals surface area contributed by atoms with Crippen LogP contribution in [0.25, 0.3) is 10.6 Å².